The van der Waals surface area contributed by atoms with E-state index in [1.54, 1.807) is 0 Å². The molecular formula is C50H92O14. The lowest BCUT2D eigenvalue weighted by Gasteiger charge is -2.42. The molecule has 2 fully saturated rings. The van der Waals surface area contributed by atoms with Gasteiger partial charge in [0.2, 0.25) is 0 Å². The number of rotatable bonds is 40. The maximum absolute atomic E-state index is 12.9. The third-order valence-corrected chi connectivity index (χ3v) is 12.2. The van der Waals surface area contributed by atoms with Crippen LogP contribution in [-0.2, 0) is 33.2 Å². The Morgan fingerprint density at radius 1 is 0.516 bits per heavy atom. The van der Waals surface area contributed by atoms with Gasteiger partial charge in [-0.3, -0.25) is 4.79 Å². The van der Waals surface area contributed by atoms with Gasteiger partial charge in [-0.15, -0.1) is 0 Å². The number of carbonyl (C=O) groups excluding carboxylic acids is 1. The fourth-order valence-electron chi connectivity index (χ4n) is 8.02. The molecule has 0 bridgehead atoms. The van der Waals surface area contributed by atoms with E-state index in [-0.39, 0.29) is 25.6 Å². The lowest BCUT2D eigenvalue weighted by molar-refractivity contribution is -0.332. The highest BCUT2D eigenvalue weighted by molar-refractivity contribution is 5.69. The smallest absolute Gasteiger partial charge is 0.306 e. The maximum Gasteiger partial charge on any atom is 0.306 e. The largest absolute Gasteiger partial charge is 0.457 e. The third kappa shape index (κ3) is 26.1. The number of hydrogen-bond donors (Lipinski definition) is 7. The third-order valence-electron chi connectivity index (χ3n) is 12.2. The molecule has 2 aliphatic heterocycles. The molecule has 11 unspecified atom stereocenters. The number of aliphatic hydroxyl groups is 7. The lowest BCUT2D eigenvalue weighted by atomic mass is 9.98. The average Bonchev–Trinajstić information content (AvgIpc) is 3.29. The summed E-state index contributed by atoms with van der Waals surface area (Å²) in [4.78, 5) is 12.9. The predicted molar refractivity (Wildman–Crippen MR) is 247 cm³/mol. The molecule has 0 aromatic carbocycles. The van der Waals surface area contributed by atoms with E-state index < -0.39 is 80.7 Å². The summed E-state index contributed by atoms with van der Waals surface area (Å²) >= 11 is 0. The molecule has 7 N–H and O–H groups in total. The van der Waals surface area contributed by atoms with Gasteiger partial charge in [0.05, 0.1) is 26.4 Å². The first-order valence-corrected chi connectivity index (χ1v) is 25.4. The number of hydrogen-bond acceptors (Lipinski definition) is 14. The molecule has 0 radical (unpaired) electrons. The topological polar surface area (TPSA) is 214 Å². The zero-order chi connectivity index (χ0) is 46.6. The van der Waals surface area contributed by atoms with Crippen LogP contribution in [0.5, 0.6) is 0 Å². The van der Waals surface area contributed by atoms with Gasteiger partial charge in [0.15, 0.2) is 12.6 Å². The second kappa shape index (κ2) is 38.4. The maximum atomic E-state index is 12.9. The summed E-state index contributed by atoms with van der Waals surface area (Å²) in [6.45, 7) is 3.65. The number of unbranched alkanes of at least 4 members (excludes halogenated alkanes) is 22. The van der Waals surface area contributed by atoms with E-state index in [0.29, 0.717) is 13.0 Å². The summed E-state index contributed by atoms with van der Waals surface area (Å²) in [5.74, 6) is -0.378. The molecule has 0 aromatic heterocycles. The van der Waals surface area contributed by atoms with Crippen LogP contribution >= 0.6 is 0 Å². The average molecular weight is 917 g/mol. The summed E-state index contributed by atoms with van der Waals surface area (Å²) in [6, 6.07) is 0. The molecule has 11 atom stereocenters. The second-order valence-electron chi connectivity index (χ2n) is 18.0. The van der Waals surface area contributed by atoms with Crippen LogP contribution in [0.4, 0.5) is 0 Å². The van der Waals surface area contributed by atoms with E-state index in [1.165, 1.54) is 116 Å². The minimum atomic E-state index is -1.70. The molecule has 2 heterocycles. The Morgan fingerprint density at radius 2 is 0.969 bits per heavy atom. The van der Waals surface area contributed by atoms with Crippen LogP contribution in [0.2, 0.25) is 0 Å². The summed E-state index contributed by atoms with van der Waals surface area (Å²) in [5, 5.41) is 72.0. The number of ether oxygens (including phenoxy) is 6. The normalized spacial score (nSPS) is 26.9. The monoisotopic (exact) mass is 917 g/mol. The standard InChI is InChI=1S/C50H92O14/c1-3-5-7-9-11-13-15-16-17-18-19-20-21-22-23-24-26-28-30-32-34-59-36-39(62-42(52)33-31-29-27-25-14-12-10-8-6-4-2)37-60-49-48(58)46(56)44(54)41(64-49)38-61-50-47(57)45(55)43(53)40(35-51)63-50/h11,13,16-17,39-41,43-51,53-58H,3-10,12,14-15,18-38H2,1-2H3/b13-11-,17-16-. The van der Waals surface area contributed by atoms with Crippen molar-refractivity contribution < 1.29 is 69.0 Å². The molecule has 14 heteroatoms. The Labute approximate surface area is 386 Å². The van der Waals surface area contributed by atoms with Crippen LogP contribution in [0, 0.1) is 0 Å². The Hall–Kier alpha value is -1.53. The molecule has 376 valence electrons. The number of esters is 1. The van der Waals surface area contributed by atoms with E-state index >= 15 is 0 Å². The van der Waals surface area contributed by atoms with Crippen molar-refractivity contribution in [2.75, 3.05) is 33.0 Å². The predicted octanol–water partition coefficient (Wildman–Crippen LogP) is 7.24. The Bertz CT molecular complexity index is 1160. The second-order valence-corrected chi connectivity index (χ2v) is 18.0. The van der Waals surface area contributed by atoms with E-state index in [0.717, 1.165) is 44.9 Å². The minimum Gasteiger partial charge on any atom is -0.457 e. The van der Waals surface area contributed by atoms with Gasteiger partial charge >= 0.3 is 5.97 Å². The van der Waals surface area contributed by atoms with E-state index in [2.05, 4.69) is 38.2 Å². The van der Waals surface area contributed by atoms with Gasteiger partial charge in [0.1, 0.15) is 54.9 Å². The van der Waals surface area contributed by atoms with Crippen molar-refractivity contribution >= 4 is 5.97 Å². The molecule has 0 saturated carbocycles. The van der Waals surface area contributed by atoms with E-state index in [1.807, 2.05) is 0 Å². The van der Waals surface area contributed by atoms with Gasteiger partial charge in [-0.25, -0.2) is 0 Å². The molecule has 14 nitrogen and oxygen atoms in total. The van der Waals surface area contributed by atoms with E-state index in [4.69, 9.17) is 28.4 Å². The van der Waals surface area contributed by atoms with Gasteiger partial charge in [0, 0.05) is 13.0 Å². The van der Waals surface area contributed by atoms with Gasteiger partial charge < -0.3 is 64.2 Å². The summed E-state index contributed by atoms with van der Waals surface area (Å²) < 4.78 is 34.2. The van der Waals surface area contributed by atoms with Crippen molar-refractivity contribution in [1.29, 1.82) is 0 Å². The first-order chi connectivity index (χ1) is 31.1. The SMILES string of the molecule is CCCCC/C=C\C/C=C\CCCCCCCCCCCCOCC(COC1OC(COC2OC(CO)C(O)C(O)C2O)C(O)C(O)C1O)OC(=O)CCCCCCCCCCCC. The van der Waals surface area contributed by atoms with Crippen LogP contribution in [0.15, 0.2) is 24.3 Å². The van der Waals surface area contributed by atoms with Crippen molar-refractivity contribution in [1.82, 2.24) is 0 Å². The molecule has 0 aromatic rings. The Kier molecular flexibility index (Phi) is 35.2. The van der Waals surface area contributed by atoms with Crippen LogP contribution in [0.3, 0.4) is 0 Å². The molecule has 0 spiro atoms. The molecular weight excluding hydrogens is 825 g/mol. The first kappa shape index (κ1) is 58.6. The van der Waals surface area contributed by atoms with Crippen molar-refractivity contribution in [3.8, 4) is 0 Å². The fraction of sp³-hybridized carbons (Fsp3) is 0.900. The van der Waals surface area contributed by atoms with Crippen LogP contribution in [-0.4, -0.2) is 142 Å². The van der Waals surface area contributed by atoms with Crippen molar-refractivity contribution in [2.45, 2.75) is 255 Å². The lowest BCUT2D eigenvalue weighted by Crippen LogP contribution is -2.61. The number of carbonyl (C=O) groups is 1. The number of allylic oxidation sites excluding steroid dienone is 4. The van der Waals surface area contributed by atoms with Crippen LogP contribution in [0.25, 0.3) is 0 Å². The van der Waals surface area contributed by atoms with Crippen molar-refractivity contribution in [3.63, 3.8) is 0 Å². The van der Waals surface area contributed by atoms with Crippen LogP contribution < -0.4 is 0 Å². The molecule has 64 heavy (non-hydrogen) atoms. The van der Waals surface area contributed by atoms with E-state index in [9.17, 15) is 40.5 Å². The Morgan fingerprint density at radius 3 is 1.53 bits per heavy atom. The fourth-order valence-corrected chi connectivity index (χ4v) is 8.02. The van der Waals surface area contributed by atoms with Crippen molar-refractivity contribution in [2.24, 2.45) is 0 Å². The Balaban J connectivity index is 1.73. The first-order valence-electron chi connectivity index (χ1n) is 25.4. The molecule has 2 saturated heterocycles. The van der Waals surface area contributed by atoms with Gasteiger partial charge in [-0.05, 0) is 44.9 Å². The molecule has 2 rings (SSSR count). The summed E-state index contributed by atoms with van der Waals surface area (Å²) in [5.41, 5.74) is 0. The zero-order valence-corrected chi connectivity index (χ0v) is 39.8. The van der Waals surface area contributed by atoms with Gasteiger partial charge in [-0.2, -0.15) is 0 Å². The summed E-state index contributed by atoms with van der Waals surface area (Å²) in [7, 11) is 0. The van der Waals surface area contributed by atoms with Crippen molar-refractivity contribution in [3.05, 3.63) is 24.3 Å². The molecule has 0 amide bonds. The van der Waals surface area contributed by atoms with Gasteiger partial charge in [-0.1, -0.05) is 160 Å². The highest BCUT2D eigenvalue weighted by Crippen LogP contribution is 2.26. The molecule has 2 aliphatic rings. The quantitative estimate of drug-likeness (QED) is 0.0184. The highest BCUT2D eigenvalue weighted by Gasteiger charge is 2.47. The van der Waals surface area contributed by atoms with Crippen LogP contribution in [0.1, 0.15) is 187 Å². The zero-order valence-electron chi connectivity index (χ0n) is 39.8. The number of aliphatic hydroxyl groups excluding tert-OH is 7. The summed E-state index contributed by atoms with van der Waals surface area (Å²) in [6.07, 6.45) is 23.9. The van der Waals surface area contributed by atoms with Gasteiger partial charge in [0.25, 0.3) is 0 Å². The molecule has 0 aliphatic carbocycles. The minimum absolute atomic E-state index is 0.0629. The highest BCUT2D eigenvalue weighted by atomic mass is 16.7.